The Labute approximate surface area is 241 Å². The minimum atomic E-state index is -5.08. The molecule has 2 amide bonds. The molecule has 14 heteroatoms. The van der Waals surface area contributed by atoms with Gasteiger partial charge in [0.2, 0.25) is 0 Å². The first-order valence-electron chi connectivity index (χ1n) is 13.5. The first-order chi connectivity index (χ1) is 19.9. The molecule has 3 N–H and O–H groups in total. The molecule has 1 aromatic carbocycles. The third-order valence-corrected chi connectivity index (χ3v) is 6.73. The van der Waals surface area contributed by atoms with Crippen LogP contribution >= 0.6 is 0 Å². The number of hydrogen-bond donors (Lipinski definition) is 3. The number of carboxylic acids is 1. The van der Waals surface area contributed by atoms with Gasteiger partial charge in [-0.15, -0.1) is 0 Å². The predicted octanol–water partition coefficient (Wildman–Crippen LogP) is 3.10. The zero-order chi connectivity index (χ0) is 30.9. The number of ether oxygens (including phenoxy) is 1. The molecule has 228 valence electrons. The van der Waals surface area contributed by atoms with Gasteiger partial charge in [0.15, 0.2) is 0 Å². The van der Waals surface area contributed by atoms with Gasteiger partial charge in [0, 0.05) is 44.8 Å². The van der Waals surface area contributed by atoms with Crippen LogP contribution < -0.4 is 15.5 Å². The van der Waals surface area contributed by atoms with Gasteiger partial charge in [0.05, 0.1) is 30.0 Å². The van der Waals surface area contributed by atoms with Crippen molar-refractivity contribution in [2.75, 3.05) is 56.1 Å². The van der Waals surface area contributed by atoms with Gasteiger partial charge in [-0.05, 0) is 44.9 Å². The van der Waals surface area contributed by atoms with E-state index in [1.165, 1.54) is 0 Å². The summed E-state index contributed by atoms with van der Waals surface area (Å²) >= 11 is 0. The first kappa shape index (κ1) is 32.3. The summed E-state index contributed by atoms with van der Waals surface area (Å²) in [6.07, 6.45) is -2.33. The van der Waals surface area contributed by atoms with Gasteiger partial charge in [-0.25, -0.2) is 9.78 Å². The van der Waals surface area contributed by atoms with E-state index in [-0.39, 0.29) is 23.7 Å². The highest BCUT2D eigenvalue weighted by atomic mass is 19.4. The molecule has 0 aliphatic carbocycles. The molecule has 0 saturated carbocycles. The molecule has 11 nitrogen and oxygen atoms in total. The van der Waals surface area contributed by atoms with E-state index in [1.807, 2.05) is 19.1 Å². The van der Waals surface area contributed by atoms with E-state index < -0.39 is 12.1 Å². The van der Waals surface area contributed by atoms with Crippen molar-refractivity contribution in [1.29, 1.82) is 0 Å². The van der Waals surface area contributed by atoms with Gasteiger partial charge < -0.3 is 30.3 Å². The summed E-state index contributed by atoms with van der Waals surface area (Å²) in [7, 11) is 0. The number of likely N-dealkylation sites (tertiary alicyclic amines) is 1. The predicted molar refractivity (Wildman–Crippen MR) is 147 cm³/mol. The summed E-state index contributed by atoms with van der Waals surface area (Å²) in [5.74, 6) is -2.89. The Bertz CT molecular complexity index is 1260. The van der Waals surface area contributed by atoms with Crippen LogP contribution in [0.5, 0.6) is 0 Å². The molecule has 4 rings (SSSR count). The molecule has 0 unspecified atom stereocenters. The Morgan fingerprint density at radius 2 is 1.67 bits per heavy atom. The van der Waals surface area contributed by atoms with Crippen LogP contribution in [0.3, 0.4) is 0 Å². The van der Waals surface area contributed by atoms with Crippen molar-refractivity contribution in [3.8, 4) is 0 Å². The lowest BCUT2D eigenvalue weighted by molar-refractivity contribution is -0.192. The summed E-state index contributed by atoms with van der Waals surface area (Å²) in [4.78, 5) is 55.8. The molecule has 2 aliphatic rings. The van der Waals surface area contributed by atoms with Gasteiger partial charge in [-0.2, -0.15) is 13.2 Å². The number of nitrogens with one attached hydrogen (secondary N) is 2. The quantitative estimate of drug-likeness (QED) is 0.431. The Morgan fingerprint density at radius 1 is 1.07 bits per heavy atom. The van der Waals surface area contributed by atoms with E-state index in [2.05, 4.69) is 20.5 Å². The third-order valence-electron chi connectivity index (χ3n) is 6.73. The highest BCUT2D eigenvalue weighted by Crippen LogP contribution is 2.27. The van der Waals surface area contributed by atoms with Gasteiger partial charge in [0.1, 0.15) is 5.82 Å². The van der Waals surface area contributed by atoms with Crippen LogP contribution in [0.25, 0.3) is 0 Å². The van der Waals surface area contributed by atoms with Crippen LogP contribution in [0.4, 0.5) is 24.7 Å². The summed E-state index contributed by atoms with van der Waals surface area (Å²) < 4.78 is 36.9. The molecular weight excluding hydrogens is 559 g/mol. The smallest absolute Gasteiger partial charge is 0.475 e. The lowest BCUT2D eigenvalue weighted by Crippen LogP contribution is -2.45. The Morgan fingerprint density at radius 3 is 2.21 bits per heavy atom. The minimum Gasteiger partial charge on any atom is -0.475 e. The van der Waals surface area contributed by atoms with Crippen molar-refractivity contribution in [1.82, 2.24) is 15.2 Å². The molecule has 2 saturated heterocycles. The molecule has 2 aliphatic heterocycles. The molecule has 42 heavy (non-hydrogen) atoms. The van der Waals surface area contributed by atoms with Crippen molar-refractivity contribution in [2.24, 2.45) is 5.92 Å². The number of piperidine rings is 1. The number of alkyl halides is 3. The summed E-state index contributed by atoms with van der Waals surface area (Å²) in [5.41, 5.74) is 2.54. The number of carbonyl (C=O) groups excluding carboxylic acids is 3. The van der Waals surface area contributed by atoms with Crippen LogP contribution in [-0.4, -0.2) is 90.8 Å². The molecule has 0 atom stereocenters. The Balaban J connectivity index is 0.000000616. The monoisotopic (exact) mass is 593 g/mol. The zero-order valence-corrected chi connectivity index (χ0v) is 23.4. The van der Waals surface area contributed by atoms with Crippen molar-refractivity contribution in [3.05, 3.63) is 53.2 Å². The normalized spacial score (nSPS) is 15.7. The molecule has 0 bridgehead atoms. The number of halogens is 3. The highest BCUT2D eigenvalue weighted by molar-refractivity contribution is 6.06. The third kappa shape index (κ3) is 8.90. The number of aliphatic carboxylic acids is 1. The molecule has 0 spiro atoms. The van der Waals surface area contributed by atoms with Crippen LogP contribution in [0.1, 0.15) is 46.0 Å². The Kier molecular flexibility index (Phi) is 11.2. The van der Waals surface area contributed by atoms with Crippen LogP contribution in [0.15, 0.2) is 36.5 Å². The number of nitrogens with zero attached hydrogens (tertiary/aromatic N) is 3. The van der Waals surface area contributed by atoms with Gasteiger partial charge in [-0.3, -0.25) is 14.4 Å². The number of piperazine rings is 1. The Hall–Kier alpha value is -4.20. The summed E-state index contributed by atoms with van der Waals surface area (Å²) in [6.45, 7) is 8.18. The van der Waals surface area contributed by atoms with Gasteiger partial charge in [-0.1, -0.05) is 17.7 Å². The molecule has 2 fully saturated rings. The van der Waals surface area contributed by atoms with Gasteiger partial charge in [0.25, 0.3) is 11.8 Å². The minimum absolute atomic E-state index is 0.139. The second-order valence-corrected chi connectivity index (χ2v) is 9.77. The summed E-state index contributed by atoms with van der Waals surface area (Å²) in [6, 6.07) is 9.03. The second-order valence-electron chi connectivity index (χ2n) is 9.77. The van der Waals surface area contributed by atoms with Crippen LogP contribution in [0, 0.1) is 12.8 Å². The second kappa shape index (κ2) is 14.6. The number of benzene rings is 1. The maximum Gasteiger partial charge on any atom is 0.490 e. The number of rotatable bonds is 6. The van der Waals surface area contributed by atoms with Gasteiger partial charge >= 0.3 is 18.1 Å². The number of carboxylic acid groups (broad SMARTS) is 1. The lowest BCUT2D eigenvalue weighted by Gasteiger charge is -2.33. The van der Waals surface area contributed by atoms with Crippen molar-refractivity contribution in [3.63, 3.8) is 0 Å². The number of carbonyl (C=O) groups is 4. The number of amides is 2. The SMILES string of the molecule is CCOC(=O)C1CCN(C(=O)c2cc(NC(=O)c3ccc(C)cc3)cnc2N2CCNCC2)CC1.O=C(O)C(F)(F)F. The van der Waals surface area contributed by atoms with Crippen molar-refractivity contribution in [2.45, 2.75) is 32.9 Å². The van der Waals surface area contributed by atoms with E-state index in [1.54, 1.807) is 36.2 Å². The molecule has 3 heterocycles. The average molecular weight is 594 g/mol. The van der Waals surface area contributed by atoms with Crippen molar-refractivity contribution >= 4 is 35.3 Å². The molecule has 1 aromatic heterocycles. The zero-order valence-electron chi connectivity index (χ0n) is 23.4. The fraction of sp³-hybridized carbons (Fsp3) is 0.464. The number of esters is 1. The lowest BCUT2D eigenvalue weighted by atomic mass is 9.96. The maximum atomic E-state index is 13.6. The maximum absolute atomic E-state index is 13.6. The van der Waals surface area contributed by atoms with E-state index in [0.717, 1.165) is 31.7 Å². The number of hydrogen-bond acceptors (Lipinski definition) is 8. The average Bonchev–Trinajstić information content (AvgIpc) is 2.97. The first-order valence-corrected chi connectivity index (χ1v) is 13.5. The number of anilines is 2. The molecule has 2 aromatic rings. The molecular formula is C28H34F3N5O6. The fourth-order valence-corrected chi connectivity index (χ4v) is 4.47. The largest absolute Gasteiger partial charge is 0.490 e. The topological polar surface area (TPSA) is 141 Å². The van der Waals surface area contributed by atoms with E-state index >= 15 is 0 Å². The van der Waals surface area contributed by atoms with E-state index in [4.69, 9.17) is 14.6 Å². The fourth-order valence-electron chi connectivity index (χ4n) is 4.47. The number of aryl methyl sites for hydroxylation is 1. The summed E-state index contributed by atoms with van der Waals surface area (Å²) in [5, 5.41) is 13.3. The van der Waals surface area contributed by atoms with Crippen LogP contribution in [-0.2, 0) is 14.3 Å². The molecule has 0 radical (unpaired) electrons. The number of pyridine rings is 1. The number of aromatic nitrogens is 1. The van der Waals surface area contributed by atoms with E-state index in [0.29, 0.717) is 55.2 Å². The van der Waals surface area contributed by atoms with Crippen molar-refractivity contribution < 1.29 is 42.2 Å². The standard InChI is InChI=1S/C26H33N5O4.C2HF3O2/c1-3-35-26(34)20-8-12-31(13-9-20)25(33)22-16-21(17-28-23(22)30-14-10-27-11-15-30)29-24(32)19-6-4-18(2)5-7-19;3-2(4,5)1(6)7/h4-7,16-17,20,27H,3,8-15H2,1-2H3,(H,29,32);(H,6,7). The highest BCUT2D eigenvalue weighted by Gasteiger charge is 2.38. The van der Waals surface area contributed by atoms with E-state index in [9.17, 15) is 27.6 Å². The van der Waals surface area contributed by atoms with Crippen LogP contribution in [0.2, 0.25) is 0 Å².